The lowest BCUT2D eigenvalue weighted by molar-refractivity contribution is -0.136. The summed E-state index contributed by atoms with van der Waals surface area (Å²) >= 11 is 0. The van der Waals surface area contributed by atoms with Gasteiger partial charge in [0.25, 0.3) is 0 Å². The van der Waals surface area contributed by atoms with Crippen LogP contribution in [0.4, 0.5) is 0 Å². The first kappa shape index (κ1) is 16.3. The fraction of sp³-hybridized carbons (Fsp3) is 0.529. The Morgan fingerprint density at radius 3 is 2.82 bits per heavy atom. The lowest BCUT2D eigenvalue weighted by Gasteiger charge is -2.32. The average Bonchev–Trinajstić information content (AvgIpc) is 2.56. The van der Waals surface area contributed by atoms with Crippen LogP contribution in [-0.4, -0.2) is 43.0 Å². The molecule has 0 radical (unpaired) electrons. The Labute approximate surface area is 131 Å². The zero-order valence-corrected chi connectivity index (χ0v) is 13.1. The van der Waals surface area contributed by atoms with Gasteiger partial charge in [-0.3, -0.25) is 9.59 Å². The summed E-state index contributed by atoms with van der Waals surface area (Å²) in [6.45, 7) is 4.17. The predicted octanol–water partition coefficient (Wildman–Crippen LogP) is 1.83. The molecule has 1 saturated heterocycles. The first-order valence-corrected chi connectivity index (χ1v) is 7.94. The van der Waals surface area contributed by atoms with E-state index in [0.717, 1.165) is 25.1 Å². The second kappa shape index (κ2) is 8.41. The lowest BCUT2D eigenvalue weighted by Crippen LogP contribution is -2.45. The number of nitrogens with one attached hydrogen (secondary N) is 1. The molecule has 1 aliphatic rings. The molecule has 2 amide bonds. The van der Waals surface area contributed by atoms with Gasteiger partial charge in [0.15, 0.2) is 0 Å². The van der Waals surface area contributed by atoms with Crippen molar-refractivity contribution >= 4 is 11.8 Å². The Kier molecular flexibility index (Phi) is 6.25. The van der Waals surface area contributed by atoms with Crippen LogP contribution in [0.25, 0.3) is 0 Å². The smallest absolute Gasteiger partial charge is 0.226 e. The molecule has 0 unspecified atom stereocenters. The zero-order chi connectivity index (χ0) is 15.8. The molecule has 22 heavy (non-hydrogen) atoms. The normalized spacial score (nSPS) is 17.9. The van der Waals surface area contributed by atoms with Crippen molar-refractivity contribution in [1.82, 2.24) is 10.2 Å². The summed E-state index contributed by atoms with van der Waals surface area (Å²) in [5, 5.41) is 2.84. The number of carbonyl (C=O) groups excluding carboxylic acids is 2. The van der Waals surface area contributed by atoms with E-state index in [2.05, 4.69) is 5.32 Å². The minimum absolute atomic E-state index is 0.0561. The summed E-state index contributed by atoms with van der Waals surface area (Å²) < 4.78 is 5.55. The van der Waals surface area contributed by atoms with Crippen molar-refractivity contribution in [2.45, 2.75) is 26.2 Å². The molecule has 1 aliphatic heterocycles. The van der Waals surface area contributed by atoms with E-state index < -0.39 is 0 Å². The molecule has 5 nitrogen and oxygen atoms in total. The van der Waals surface area contributed by atoms with Crippen LogP contribution >= 0.6 is 0 Å². The number of carbonyl (C=O) groups is 2. The molecule has 1 aromatic carbocycles. The molecule has 0 spiro atoms. The van der Waals surface area contributed by atoms with Gasteiger partial charge in [0.1, 0.15) is 5.75 Å². The monoisotopic (exact) mass is 304 g/mol. The molecule has 0 aliphatic carbocycles. The topological polar surface area (TPSA) is 58.6 Å². The second-order valence-corrected chi connectivity index (χ2v) is 5.49. The van der Waals surface area contributed by atoms with Crippen LogP contribution in [-0.2, 0) is 9.59 Å². The third kappa shape index (κ3) is 4.76. The SMILES string of the molecule is CCNC(=O)[C@H]1CCCN(C(=O)CCOc2ccccc2)C1. The van der Waals surface area contributed by atoms with Crippen LogP contribution in [0.2, 0.25) is 0 Å². The first-order valence-electron chi connectivity index (χ1n) is 7.94. The van der Waals surface area contributed by atoms with Crippen LogP contribution in [0.15, 0.2) is 30.3 Å². The number of para-hydroxylation sites is 1. The van der Waals surface area contributed by atoms with E-state index in [9.17, 15) is 9.59 Å². The van der Waals surface area contributed by atoms with Gasteiger partial charge in [-0.05, 0) is 31.9 Å². The van der Waals surface area contributed by atoms with Crippen molar-refractivity contribution in [2.24, 2.45) is 5.92 Å². The number of hydrogen-bond acceptors (Lipinski definition) is 3. The van der Waals surface area contributed by atoms with Crippen molar-refractivity contribution in [3.8, 4) is 5.75 Å². The van der Waals surface area contributed by atoms with E-state index in [4.69, 9.17) is 4.74 Å². The molecule has 0 bridgehead atoms. The minimum atomic E-state index is -0.0762. The van der Waals surface area contributed by atoms with Crippen molar-refractivity contribution in [3.63, 3.8) is 0 Å². The molecule has 5 heteroatoms. The first-order chi connectivity index (χ1) is 10.7. The number of rotatable bonds is 6. The fourth-order valence-electron chi connectivity index (χ4n) is 2.67. The maximum atomic E-state index is 12.2. The molecule has 0 saturated carbocycles. The number of hydrogen-bond donors (Lipinski definition) is 1. The Morgan fingerprint density at radius 1 is 1.32 bits per heavy atom. The van der Waals surface area contributed by atoms with Crippen LogP contribution in [0.1, 0.15) is 26.2 Å². The van der Waals surface area contributed by atoms with Crippen LogP contribution in [0, 0.1) is 5.92 Å². The van der Waals surface area contributed by atoms with Gasteiger partial charge in [0.05, 0.1) is 18.9 Å². The highest BCUT2D eigenvalue weighted by atomic mass is 16.5. The molecule has 1 aromatic rings. The number of ether oxygens (including phenoxy) is 1. The highest BCUT2D eigenvalue weighted by Crippen LogP contribution is 2.17. The van der Waals surface area contributed by atoms with E-state index in [1.165, 1.54) is 0 Å². The summed E-state index contributed by atoms with van der Waals surface area (Å²) in [6.07, 6.45) is 2.08. The number of nitrogens with zero attached hydrogens (tertiary/aromatic N) is 1. The van der Waals surface area contributed by atoms with Crippen molar-refractivity contribution < 1.29 is 14.3 Å². The molecule has 2 rings (SSSR count). The largest absolute Gasteiger partial charge is 0.493 e. The highest BCUT2D eigenvalue weighted by molar-refractivity contribution is 5.81. The summed E-state index contributed by atoms with van der Waals surface area (Å²) in [7, 11) is 0. The molecule has 1 atom stereocenters. The standard InChI is InChI=1S/C17H24N2O3/c1-2-18-17(21)14-7-6-11-19(13-14)16(20)10-12-22-15-8-4-3-5-9-15/h3-5,8-9,14H,2,6-7,10-13H2,1H3,(H,18,21)/t14-/m0/s1. The van der Waals surface area contributed by atoms with E-state index in [1.807, 2.05) is 37.3 Å². The molecule has 1 fully saturated rings. The Morgan fingerprint density at radius 2 is 2.09 bits per heavy atom. The molecular weight excluding hydrogens is 280 g/mol. The van der Waals surface area contributed by atoms with Gasteiger partial charge in [0, 0.05) is 19.6 Å². The molecule has 1 heterocycles. The van der Waals surface area contributed by atoms with Crippen molar-refractivity contribution in [1.29, 1.82) is 0 Å². The van der Waals surface area contributed by atoms with Gasteiger partial charge < -0.3 is 15.0 Å². The van der Waals surface area contributed by atoms with Crippen molar-refractivity contribution in [3.05, 3.63) is 30.3 Å². The molecule has 1 N–H and O–H groups in total. The second-order valence-electron chi connectivity index (χ2n) is 5.49. The highest BCUT2D eigenvalue weighted by Gasteiger charge is 2.27. The van der Waals surface area contributed by atoms with Gasteiger partial charge in [-0.1, -0.05) is 18.2 Å². The zero-order valence-electron chi connectivity index (χ0n) is 13.1. The van der Waals surface area contributed by atoms with E-state index in [1.54, 1.807) is 4.90 Å². The Balaban J connectivity index is 1.75. The summed E-state index contributed by atoms with van der Waals surface area (Å²) in [5.41, 5.74) is 0. The minimum Gasteiger partial charge on any atom is -0.493 e. The van der Waals surface area contributed by atoms with Gasteiger partial charge in [0.2, 0.25) is 11.8 Å². The van der Waals surface area contributed by atoms with Crippen LogP contribution in [0.5, 0.6) is 5.75 Å². The summed E-state index contributed by atoms with van der Waals surface area (Å²) in [4.78, 5) is 25.9. The fourth-order valence-corrected chi connectivity index (χ4v) is 2.67. The number of piperidine rings is 1. The quantitative estimate of drug-likeness (QED) is 0.872. The molecular formula is C17H24N2O3. The number of benzene rings is 1. The molecule has 120 valence electrons. The number of amides is 2. The van der Waals surface area contributed by atoms with Gasteiger partial charge in [-0.15, -0.1) is 0 Å². The van der Waals surface area contributed by atoms with E-state index in [0.29, 0.717) is 26.1 Å². The van der Waals surface area contributed by atoms with Crippen LogP contribution in [0.3, 0.4) is 0 Å². The third-order valence-corrected chi connectivity index (χ3v) is 3.82. The third-order valence-electron chi connectivity index (χ3n) is 3.82. The Hall–Kier alpha value is -2.04. The number of likely N-dealkylation sites (tertiary alicyclic amines) is 1. The predicted molar refractivity (Wildman–Crippen MR) is 84.5 cm³/mol. The van der Waals surface area contributed by atoms with Gasteiger partial charge in [-0.2, -0.15) is 0 Å². The molecule has 0 aromatic heterocycles. The Bertz CT molecular complexity index is 490. The van der Waals surface area contributed by atoms with Gasteiger partial charge >= 0.3 is 0 Å². The average molecular weight is 304 g/mol. The van der Waals surface area contributed by atoms with Gasteiger partial charge in [-0.25, -0.2) is 0 Å². The maximum absolute atomic E-state index is 12.2. The summed E-state index contributed by atoms with van der Waals surface area (Å²) in [5.74, 6) is 0.812. The van der Waals surface area contributed by atoms with Crippen molar-refractivity contribution in [2.75, 3.05) is 26.2 Å². The maximum Gasteiger partial charge on any atom is 0.226 e. The van der Waals surface area contributed by atoms with E-state index in [-0.39, 0.29) is 17.7 Å². The summed E-state index contributed by atoms with van der Waals surface area (Å²) in [6, 6.07) is 9.47. The van der Waals surface area contributed by atoms with Crippen LogP contribution < -0.4 is 10.1 Å². The lowest BCUT2D eigenvalue weighted by atomic mass is 9.97. The van der Waals surface area contributed by atoms with E-state index >= 15 is 0 Å².